The Balaban J connectivity index is 1.36. The van der Waals surface area contributed by atoms with Crippen LogP contribution in [0.15, 0.2) is 61.2 Å². The molecule has 2 N–H and O–H groups in total. The SMILES string of the molecule is C=C(O)c1c(C)cccc1COCc1cccc(NCc2ccc3c(n2)=CCCC=3)c1. The molecular formula is C27H28N2O2. The van der Waals surface area contributed by atoms with E-state index in [0.717, 1.165) is 51.8 Å². The van der Waals surface area contributed by atoms with Crippen molar-refractivity contribution in [2.24, 2.45) is 0 Å². The Bertz CT molecular complexity index is 1210. The van der Waals surface area contributed by atoms with Gasteiger partial charge in [-0.05, 0) is 59.9 Å². The minimum Gasteiger partial charge on any atom is -0.508 e. The van der Waals surface area contributed by atoms with Gasteiger partial charge in [-0.15, -0.1) is 0 Å². The average Bonchev–Trinajstić information content (AvgIpc) is 2.78. The molecular weight excluding hydrogens is 384 g/mol. The molecule has 158 valence electrons. The topological polar surface area (TPSA) is 54.4 Å². The fraction of sp³-hybridized carbons (Fsp3) is 0.222. The molecule has 3 aromatic rings. The summed E-state index contributed by atoms with van der Waals surface area (Å²) in [5, 5.41) is 15.7. The standard InChI is InChI=1S/C27H28N2O2/c1-19-7-5-10-23(27(19)20(2)30)18-31-17-21-8-6-11-24(15-21)28-16-25-14-13-22-9-3-4-12-26(22)29-25/h5-15,28,30H,2-4,16-18H2,1H3. The molecule has 1 aliphatic rings. The Labute approximate surface area is 183 Å². The first kappa shape index (κ1) is 20.9. The largest absolute Gasteiger partial charge is 0.508 e. The average molecular weight is 413 g/mol. The van der Waals surface area contributed by atoms with Crippen LogP contribution in [0, 0.1) is 6.92 Å². The number of anilines is 1. The zero-order valence-corrected chi connectivity index (χ0v) is 17.9. The number of nitrogens with one attached hydrogen (secondary N) is 1. The lowest BCUT2D eigenvalue weighted by molar-refractivity contribution is 0.107. The highest BCUT2D eigenvalue weighted by atomic mass is 16.5. The van der Waals surface area contributed by atoms with E-state index in [-0.39, 0.29) is 5.76 Å². The first-order valence-corrected chi connectivity index (χ1v) is 10.6. The maximum Gasteiger partial charge on any atom is 0.116 e. The van der Waals surface area contributed by atoms with Crippen molar-refractivity contribution in [3.05, 3.63) is 99.7 Å². The third-order valence-electron chi connectivity index (χ3n) is 5.46. The predicted molar refractivity (Wildman–Crippen MR) is 127 cm³/mol. The van der Waals surface area contributed by atoms with Gasteiger partial charge in [-0.2, -0.15) is 0 Å². The maximum absolute atomic E-state index is 9.89. The lowest BCUT2D eigenvalue weighted by atomic mass is 10.0. The first-order chi connectivity index (χ1) is 15.1. The van der Waals surface area contributed by atoms with Crippen molar-refractivity contribution >= 4 is 23.6 Å². The highest BCUT2D eigenvalue weighted by Crippen LogP contribution is 2.22. The zero-order chi connectivity index (χ0) is 21.6. The summed E-state index contributed by atoms with van der Waals surface area (Å²) in [5.41, 5.74) is 5.85. The normalized spacial score (nSPS) is 12.4. The Hall–Kier alpha value is -3.37. The number of fused-ring (bicyclic) bond motifs is 1. The Morgan fingerprint density at radius 1 is 1.06 bits per heavy atom. The number of nitrogens with zero attached hydrogens (tertiary/aromatic N) is 1. The van der Waals surface area contributed by atoms with E-state index in [1.165, 1.54) is 5.22 Å². The fourth-order valence-electron chi connectivity index (χ4n) is 3.93. The number of benzene rings is 2. The second-order valence-electron chi connectivity index (χ2n) is 7.87. The van der Waals surface area contributed by atoms with E-state index in [1.807, 2.05) is 31.2 Å². The van der Waals surface area contributed by atoms with Gasteiger partial charge in [0.25, 0.3) is 0 Å². The summed E-state index contributed by atoms with van der Waals surface area (Å²) >= 11 is 0. The molecule has 1 aliphatic carbocycles. The summed E-state index contributed by atoms with van der Waals surface area (Å²) in [6, 6.07) is 18.4. The first-order valence-electron chi connectivity index (χ1n) is 10.6. The van der Waals surface area contributed by atoms with Gasteiger partial charge in [0.15, 0.2) is 0 Å². The van der Waals surface area contributed by atoms with E-state index in [4.69, 9.17) is 9.72 Å². The Kier molecular flexibility index (Phi) is 6.48. The van der Waals surface area contributed by atoms with E-state index in [9.17, 15) is 5.11 Å². The molecule has 0 amide bonds. The van der Waals surface area contributed by atoms with Crippen molar-refractivity contribution in [3.63, 3.8) is 0 Å². The molecule has 0 saturated carbocycles. The van der Waals surface area contributed by atoms with Crippen LogP contribution in [0.2, 0.25) is 0 Å². The number of hydrogen-bond donors (Lipinski definition) is 2. The molecule has 4 nitrogen and oxygen atoms in total. The van der Waals surface area contributed by atoms with E-state index >= 15 is 0 Å². The molecule has 0 saturated heterocycles. The monoisotopic (exact) mass is 412 g/mol. The molecule has 0 unspecified atom stereocenters. The number of pyridine rings is 1. The molecule has 0 fully saturated rings. The molecule has 0 atom stereocenters. The number of hydrogen-bond acceptors (Lipinski definition) is 4. The Morgan fingerprint density at radius 2 is 1.90 bits per heavy atom. The fourth-order valence-corrected chi connectivity index (χ4v) is 3.93. The lowest BCUT2D eigenvalue weighted by Gasteiger charge is -2.13. The molecule has 1 aromatic heterocycles. The maximum atomic E-state index is 9.89. The van der Waals surface area contributed by atoms with Crippen molar-refractivity contribution in [2.75, 3.05) is 5.32 Å². The van der Waals surface area contributed by atoms with E-state index in [2.05, 4.69) is 54.4 Å². The van der Waals surface area contributed by atoms with Gasteiger partial charge < -0.3 is 15.2 Å². The minimum atomic E-state index is 0.0779. The minimum absolute atomic E-state index is 0.0779. The van der Waals surface area contributed by atoms with Crippen LogP contribution >= 0.6 is 0 Å². The van der Waals surface area contributed by atoms with Crippen LogP contribution in [-0.4, -0.2) is 10.1 Å². The quantitative estimate of drug-likeness (QED) is 0.531. The van der Waals surface area contributed by atoms with Gasteiger partial charge in [0, 0.05) is 11.3 Å². The van der Waals surface area contributed by atoms with Crippen molar-refractivity contribution in [2.45, 2.75) is 39.5 Å². The third-order valence-corrected chi connectivity index (χ3v) is 5.46. The number of aliphatic hydroxyl groups excluding tert-OH is 1. The highest BCUT2D eigenvalue weighted by Gasteiger charge is 2.08. The van der Waals surface area contributed by atoms with Crippen LogP contribution in [0.25, 0.3) is 17.9 Å². The van der Waals surface area contributed by atoms with Crippen molar-refractivity contribution in [1.82, 2.24) is 4.98 Å². The molecule has 4 heteroatoms. The van der Waals surface area contributed by atoms with Crippen LogP contribution in [-0.2, 0) is 24.5 Å². The van der Waals surface area contributed by atoms with Gasteiger partial charge >= 0.3 is 0 Å². The van der Waals surface area contributed by atoms with Gasteiger partial charge in [0.1, 0.15) is 5.76 Å². The molecule has 4 rings (SSSR count). The summed E-state index contributed by atoms with van der Waals surface area (Å²) in [7, 11) is 0. The molecule has 0 radical (unpaired) electrons. The second kappa shape index (κ2) is 9.63. The highest BCUT2D eigenvalue weighted by molar-refractivity contribution is 5.63. The van der Waals surface area contributed by atoms with Gasteiger partial charge in [-0.25, -0.2) is 0 Å². The van der Waals surface area contributed by atoms with Crippen LogP contribution < -0.4 is 15.9 Å². The van der Waals surface area contributed by atoms with Crippen molar-refractivity contribution in [3.8, 4) is 0 Å². The molecule has 2 aromatic carbocycles. The van der Waals surface area contributed by atoms with Gasteiger partial charge in [0.05, 0.1) is 30.8 Å². The Morgan fingerprint density at radius 3 is 2.77 bits per heavy atom. The van der Waals surface area contributed by atoms with Crippen LogP contribution in [0.4, 0.5) is 5.69 Å². The molecule has 0 bridgehead atoms. The van der Waals surface area contributed by atoms with Gasteiger partial charge in [-0.3, -0.25) is 4.98 Å². The molecule has 31 heavy (non-hydrogen) atoms. The number of rotatable bonds is 8. The number of aliphatic hydroxyl groups is 1. The van der Waals surface area contributed by atoms with Crippen LogP contribution in [0.5, 0.6) is 0 Å². The summed E-state index contributed by atoms with van der Waals surface area (Å²) in [5.74, 6) is 0.0779. The lowest BCUT2D eigenvalue weighted by Crippen LogP contribution is -2.31. The summed E-state index contributed by atoms with van der Waals surface area (Å²) < 4.78 is 5.93. The zero-order valence-electron chi connectivity index (χ0n) is 17.9. The number of aryl methyl sites for hydroxylation is 1. The molecule has 1 heterocycles. The van der Waals surface area contributed by atoms with E-state index in [1.54, 1.807) is 0 Å². The van der Waals surface area contributed by atoms with Crippen LogP contribution in [0.1, 0.15) is 40.8 Å². The third kappa shape index (κ3) is 5.22. The summed E-state index contributed by atoms with van der Waals surface area (Å²) in [4.78, 5) is 4.76. The van der Waals surface area contributed by atoms with Crippen molar-refractivity contribution in [1.29, 1.82) is 0 Å². The summed E-state index contributed by atoms with van der Waals surface area (Å²) in [6.45, 7) is 7.22. The van der Waals surface area contributed by atoms with Gasteiger partial charge in [0.2, 0.25) is 0 Å². The smallest absolute Gasteiger partial charge is 0.116 e. The molecule has 0 spiro atoms. The number of ether oxygens (including phenoxy) is 1. The number of aromatic nitrogens is 1. The van der Waals surface area contributed by atoms with Gasteiger partial charge in [-0.1, -0.05) is 55.1 Å². The summed E-state index contributed by atoms with van der Waals surface area (Å²) in [6.07, 6.45) is 6.62. The van der Waals surface area contributed by atoms with Crippen molar-refractivity contribution < 1.29 is 9.84 Å². The molecule has 0 aliphatic heterocycles. The van der Waals surface area contributed by atoms with Crippen LogP contribution in [0.3, 0.4) is 0 Å². The van der Waals surface area contributed by atoms with E-state index in [0.29, 0.717) is 19.8 Å². The predicted octanol–water partition coefficient (Wildman–Crippen LogP) is 4.60. The second-order valence-corrected chi connectivity index (χ2v) is 7.87. The van der Waals surface area contributed by atoms with E-state index < -0.39 is 0 Å².